The van der Waals surface area contributed by atoms with Crippen LogP contribution < -0.4 is 5.32 Å². The molecule has 1 aromatic heterocycles. The molecule has 0 radical (unpaired) electrons. The van der Waals surface area contributed by atoms with E-state index in [4.69, 9.17) is 0 Å². The Balaban J connectivity index is 1.66. The van der Waals surface area contributed by atoms with Crippen LogP contribution in [0.15, 0.2) is 60.7 Å². The van der Waals surface area contributed by atoms with Gasteiger partial charge in [-0.25, -0.2) is 4.68 Å². The van der Waals surface area contributed by atoms with Gasteiger partial charge in [-0.05, 0) is 26.0 Å². The van der Waals surface area contributed by atoms with Crippen molar-refractivity contribution in [3.8, 4) is 5.69 Å². The molecule has 0 saturated heterocycles. The number of rotatable bonds is 6. The average Bonchev–Trinajstić information content (AvgIpc) is 2.95. The lowest BCUT2D eigenvalue weighted by molar-refractivity contribution is -0.116. The van der Waals surface area contributed by atoms with Crippen LogP contribution in [0.25, 0.3) is 5.69 Å². The summed E-state index contributed by atoms with van der Waals surface area (Å²) >= 11 is 0. The topological polar surface area (TPSA) is 64.0 Å². The molecule has 0 aliphatic rings. The van der Waals surface area contributed by atoms with Gasteiger partial charge in [0.25, 0.3) is 0 Å². The average molecular weight is 347 g/mol. The number of para-hydroxylation sites is 1. The summed E-state index contributed by atoms with van der Waals surface area (Å²) in [5.41, 5.74) is 3.87. The van der Waals surface area contributed by atoms with Crippen LogP contribution in [0.4, 0.5) is 5.69 Å². The maximum atomic E-state index is 12.3. The van der Waals surface area contributed by atoms with E-state index in [1.807, 2.05) is 62.4 Å². The van der Waals surface area contributed by atoms with Crippen molar-refractivity contribution in [2.24, 2.45) is 0 Å². The summed E-state index contributed by atoms with van der Waals surface area (Å²) in [6.07, 6.45) is 0.323. The first-order valence-electron chi connectivity index (χ1n) is 8.56. The number of Topliss-reactive ketones (excluding diaryl/α,β-unsaturated/α-hetero) is 1. The normalized spacial score (nSPS) is 10.5. The van der Waals surface area contributed by atoms with Gasteiger partial charge in [0.05, 0.1) is 22.8 Å². The molecule has 0 fully saturated rings. The fourth-order valence-electron chi connectivity index (χ4n) is 2.84. The molecule has 3 rings (SSSR count). The highest BCUT2D eigenvalue weighted by Gasteiger charge is 2.16. The lowest BCUT2D eigenvalue weighted by Crippen LogP contribution is -2.14. The quantitative estimate of drug-likeness (QED) is 0.683. The molecule has 0 aliphatic carbocycles. The van der Waals surface area contributed by atoms with Crippen molar-refractivity contribution in [3.63, 3.8) is 0 Å². The predicted octanol–water partition coefficient (Wildman–Crippen LogP) is 4.09. The molecule has 3 aromatic rings. The fraction of sp³-hybridized carbons (Fsp3) is 0.190. The number of nitrogens with one attached hydrogen (secondary N) is 1. The van der Waals surface area contributed by atoms with E-state index in [9.17, 15) is 9.59 Å². The van der Waals surface area contributed by atoms with Crippen LogP contribution in [-0.4, -0.2) is 21.5 Å². The van der Waals surface area contributed by atoms with Crippen molar-refractivity contribution in [2.75, 3.05) is 5.32 Å². The Morgan fingerprint density at radius 2 is 1.54 bits per heavy atom. The Bertz CT molecular complexity index is 915. The fourth-order valence-corrected chi connectivity index (χ4v) is 2.84. The van der Waals surface area contributed by atoms with Crippen molar-refractivity contribution in [2.45, 2.75) is 26.7 Å². The first-order valence-corrected chi connectivity index (χ1v) is 8.56. The van der Waals surface area contributed by atoms with Crippen LogP contribution in [0.1, 0.15) is 34.6 Å². The van der Waals surface area contributed by atoms with Gasteiger partial charge in [0.1, 0.15) is 0 Å². The maximum absolute atomic E-state index is 12.3. The van der Waals surface area contributed by atoms with Gasteiger partial charge in [0.15, 0.2) is 5.78 Å². The second kappa shape index (κ2) is 7.78. The summed E-state index contributed by atoms with van der Waals surface area (Å²) in [5, 5.41) is 7.41. The highest BCUT2D eigenvalue weighted by Crippen LogP contribution is 2.23. The molecule has 26 heavy (non-hydrogen) atoms. The van der Waals surface area contributed by atoms with Gasteiger partial charge in [-0.3, -0.25) is 9.59 Å². The molecular weight excluding hydrogens is 326 g/mol. The zero-order chi connectivity index (χ0) is 18.5. The van der Waals surface area contributed by atoms with E-state index in [1.165, 1.54) is 0 Å². The second-order valence-corrected chi connectivity index (χ2v) is 6.13. The van der Waals surface area contributed by atoms with Crippen molar-refractivity contribution < 1.29 is 9.59 Å². The molecule has 0 atom stereocenters. The summed E-state index contributed by atoms with van der Waals surface area (Å²) in [6.45, 7) is 3.77. The van der Waals surface area contributed by atoms with E-state index in [0.29, 0.717) is 11.3 Å². The number of hydrogen-bond donors (Lipinski definition) is 1. The minimum Gasteiger partial charge on any atom is -0.323 e. The molecule has 5 nitrogen and oxygen atoms in total. The third kappa shape index (κ3) is 3.88. The molecule has 1 amide bonds. The van der Waals surface area contributed by atoms with Crippen LogP contribution in [0.2, 0.25) is 0 Å². The van der Waals surface area contributed by atoms with Crippen LogP contribution in [-0.2, 0) is 4.79 Å². The lowest BCUT2D eigenvalue weighted by atomic mass is 10.1. The van der Waals surface area contributed by atoms with E-state index in [0.717, 1.165) is 17.1 Å². The van der Waals surface area contributed by atoms with Crippen LogP contribution in [0.3, 0.4) is 0 Å². The van der Waals surface area contributed by atoms with E-state index in [2.05, 4.69) is 10.4 Å². The lowest BCUT2D eigenvalue weighted by Gasteiger charge is -2.07. The largest absolute Gasteiger partial charge is 0.323 e. The third-order valence-electron chi connectivity index (χ3n) is 4.23. The molecule has 0 spiro atoms. The van der Waals surface area contributed by atoms with Gasteiger partial charge in [0, 0.05) is 18.4 Å². The van der Waals surface area contributed by atoms with Crippen LogP contribution in [0, 0.1) is 13.8 Å². The number of anilines is 1. The molecular formula is C21H21N3O2. The number of aromatic nitrogens is 2. The molecule has 1 N–H and O–H groups in total. The van der Waals surface area contributed by atoms with Crippen molar-refractivity contribution in [1.82, 2.24) is 9.78 Å². The number of carbonyl (C=O) groups excluding carboxylic acids is 2. The standard InChI is InChI=1S/C21H21N3O2/c1-15-21(16(2)24(23-15)18-11-7-4-8-12-18)22-20(26)14-13-19(25)17-9-5-3-6-10-17/h3-12H,13-14H2,1-2H3,(H,22,26). The monoisotopic (exact) mass is 347 g/mol. The summed E-state index contributed by atoms with van der Waals surface area (Å²) < 4.78 is 1.81. The van der Waals surface area contributed by atoms with Gasteiger partial charge in [0.2, 0.25) is 5.91 Å². The molecule has 0 saturated carbocycles. The second-order valence-electron chi connectivity index (χ2n) is 6.13. The van der Waals surface area contributed by atoms with Crippen molar-refractivity contribution in [3.05, 3.63) is 77.6 Å². The van der Waals surface area contributed by atoms with Gasteiger partial charge in [-0.1, -0.05) is 48.5 Å². The number of hydrogen-bond acceptors (Lipinski definition) is 3. The molecule has 132 valence electrons. The summed E-state index contributed by atoms with van der Waals surface area (Å²) in [6, 6.07) is 18.8. The summed E-state index contributed by atoms with van der Waals surface area (Å²) in [4.78, 5) is 24.4. The minimum absolute atomic E-state index is 0.0332. The van der Waals surface area contributed by atoms with E-state index in [1.54, 1.807) is 16.8 Å². The van der Waals surface area contributed by atoms with Gasteiger partial charge >= 0.3 is 0 Å². The Kier molecular flexibility index (Phi) is 5.27. The van der Waals surface area contributed by atoms with Gasteiger partial charge in [-0.2, -0.15) is 5.10 Å². The molecule has 5 heteroatoms. The number of ketones is 1. The van der Waals surface area contributed by atoms with Crippen molar-refractivity contribution >= 4 is 17.4 Å². The highest BCUT2D eigenvalue weighted by molar-refractivity contribution is 6.00. The zero-order valence-corrected chi connectivity index (χ0v) is 14.9. The Labute approximate surface area is 152 Å². The molecule has 0 bridgehead atoms. The Hall–Kier alpha value is -3.21. The molecule has 0 unspecified atom stereocenters. The van der Waals surface area contributed by atoms with E-state index >= 15 is 0 Å². The Morgan fingerprint density at radius 1 is 0.923 bits per heavy atom. The first-order chi connectivity index (χ1) is 12.6. The highest BCUT2D eigenvalue weighted by atomic mass is 16.2. The smallest absolute Gasteiger partial charge is 0.224 e. The number of nitrogens with zero attached hydrogens (tertiary/aromatic N) is 2. The number of amides is 1. The van der Waals surface area contributed by atoms with Crippen LogP contribution >= 0.6 is 0 Å². The molecule has 2 aromatic carbocycles. The summed E-state index contributed by atoms with van der Waals surface area (Å²) in [7, 11) is 0. The van der Waals surface area contributed by atoms with Crippen LogP contribution in [0.5, 0.6) is 0 Å². The predicted molar refractivity (Wildman–Crippen MR) is 102 cm³/mol. The van der Waals surface area contributed by atoms with Gasteiger partial charge in [-0.15, -0.1) is 0 Å². The third-order valence-corrected chi connectivity index (χ3v) is 4.23. The maximum Gasteiger partial charge on any atom is 0.224 e. The number of aryl methyl sites for hydroxylation is 1. The summed E-state index contributed by atoms with van der Waals surface area (Å²) in [5.74, 6) is -0.220. The number of carbonyl (C=O) groups is 2. The SMILES string of the molecule is Cc1nn(-c2ccccc2)c(C)c1NC(=O)CCC(=O)c1ccccc1. The first kappa shape index (κ1) is 17.6. The molecule has 1 heterocycles. The molecule has 0 aliphatic heterocycles. The number of benzene rings is 2. The Morgan fingerprint density at radius 3 is 2.19 bits per heavy atom. The van der Waals surface area contributed by atoms with Gasteiger partial charge < -0.3 is 5.32 Å². The van der Waals surface area contributed by atoms with E-state index in [-0.39, 0.29) is 24.5 Å². The van der Waals surface area contributed by atoms with Crippen molar-refractivity contribution in [1.29, 1.82) is 0 Å². The zero-order valence-electron chi connectivity index (χ0n) is 14.9. The minimum atomic E-state index is -0.187. The van der Waals surface area contributed by atoms with E-state index < -0.39 is 0 Å².